The summed E-state index contributed by atoms with van der Waals surface area (Å²) in [5, 5.41) is 12.5. The predicted molar refractivity (Wildman–Crippen MR) is 106 cm³/mol. The van der Waals surface area contributed by atoms with Crippen LogP contribution in [-0.4, -0.2) is 45.0 Å². The van der Waals surface area contributed by atoms with E-state index in [1.54, 1.807) is 25.1 Å². The molecule has 0 fully saturated rings. The fourth-order valence-corrected chi connectivity index (χ4v) is 3.15. The number of aliphatic hydroxyl groups is 1. The molecule has 2 atom stereocenters. The number of rotatable bonds is 9. The van der Waals surface area contributed by atoms with Crippen molar-refractivity contribution in [2.75, 3.05) is 0 Å². The molecule has 0 aliphatic heterocycles. The first-order valence-electron chi connectivity index (χ1n) is 9.38. The molecular formula is C20H22F2N4O5. The van der Waals surface area contributed by atoms with Gasteiger partial charge in [0.05, 0.1) is 36.4 Å². The zero-order chi connectivity index (χ0) is 22.7. The highest BCUT2D eigenvalue weighted by molar-refractivity contribution is 6.08. The summed E-state index contributed by atoms with van der Waals surface area (Å²) in [5.74, 6) is -0.853. The van der Waals surface area contributed by atoms with Crippen molar-refractivity contribution in [2.24, 2.45) is 5.73 Å². The maximum Gasteiger partial charge on any atom is 0.256 e. The number of hydrogen-bond donors (Lipinski definition) is 3. The van der Waals surface area contributed by atoms with Gasteiger partial charge in [0.2, 0.25) is 5.91 Å². The van der Waals surface area contributed by atoms with Crippen molar-refractivity contribution < 1.29 is 32.6 Å². The molecule has 31 heavy (non-hydrogen) atoms. The molecule has 2 amide bonds. The lowest BCUT2D eigenvalue weighted by atomic mass is 10.1. The molecule has 1 aromatic carbocycles. The second-order valence-corrected chi connectivity index (χ2v) is 7.00. The summed E-state index contributed by atoms with van der Waals surface area (Å²) in [7, 11) is 0. The Morgan fingerprint density at radius 3 is 2.77 bits per heavy atom. The van der Waals surface area contributed by atoms with Crippen molar-refractivity contribution >= 4 is 22.8 Å². The lowest BCUT2D eigenvalue weighted by molar-refractivity contribution is -0.122. The number of aliphatic hydroxyl groups excluding tert-OH is 1. The summed E-state index contributed by atoms with van der Waals surface area (Å²) in [5.41, 5.74) is 6.26. The van der Waals surface area contributed by atoms with E-state index in [1.807, 2.05) is 0 Å². The van der Waals surface area contributed by atoms with Crippen LogP contribution >= 0.6 is 0 Å². The molecule has 11 heteroatoms. The van der Waals surface area contributed by atoms with Crippen LogP contribution in [0.15, 0.2) is 35.1 Å². The second kappa shape index (κ2) is 9.13. The Morgan fingerprint density at radius 1 is 1.39 bits per heavy atom. The largest absolute Gasteiger partial charge is 0.487 e. The van der Waals surface area contributed by atoms with Crippen LogP contribution in [0.1, 0.15) is 28.7 Å². The van der Waals surface area contributed by atoms with Gasteiger partial charge < -0.3 is 29.9 Å². The molecular weight excluding hydrogens is 414 g/mol. The van der Waals surface area contributed by atoms with E-state index in [4.69, 9.17) is 14.9 Å². The Morgan fingerprint density at radius 2 is 2.13 bits per heavy atom. The number of alkyl halides is 2. The average molecular weight is 436 g/mol. The summed E-state index contributed by atoms with van der Waals surface area (Å²) in [6.45, 7) is 2.41. The molecule has 0 aliphatic rings. The number of carbonyl (C=O) groups excluding carboxylic acids is 2. The maximum absolute atomic E-state index is 12.7. The number of aryl methyl sites for hydroxylation is 1. The number of hydrogen-bond acceptors (Lipinski definition) is 6. The molecule has 0 unspecified atom stereocenters. The van der Waals surface area contributed by atoms with Gasteiger partial charge in [-0.2, -0.15) is 0 Å². The predicted octanol–water partition coefficient (Wildman–Crippen LogP) is 1.75. The van der Waals surface area contributed by atoms with Crippen LogP contribution in [0.2, 0.25) is 0 Å². The SMILES string of the molecule is Cc1oc2ccc(OCc3cncn3CC(F)F)cc2c1C(=O)N[C@H](C(N)=O)[C@@H](C)O. The van der Waals surface area contributed by atoms with E-state index in [-0.39, 0.29) is 12.2 Å². The molecule has 0 aliphatic carbocycles. The molecule has 2 heterocycles. The van der Waals surface area contributed by atoms with E-state index >= 15 is 0 Å². The normalized spacial score (nSPS) is 13.4. The van der Waals surface area contributed by atoms with E-state index < -0.39 is 36.9 Å². The van der Waals surface area contributed by atoms with Gasteiger partial charge in [-0.25, -0.2) is 13.8 Å². The van der Waals surface area contributed by atoms with Crippen molar-refractivity contribution in [1.29, 1.82) is 0 Å². The number of benzene rings is 1. The number of ether oxygens (including phenoxy) is 1. The van der Waals surface area contributed by atoms with E-state index in [9.17, 15) is 23.5 Å². The highest BCUT2D eigenvalue weighted by Gasteiger charge is 2.27. The highest BCUT2D eigenvalue weighted by Crippen LogP contribution is 2.29. The van der Waals surface area contributed by atoms with Crippen molar-refractivity contribution in [3.63, 3.8) is 0 Å². The van der Waals surface area contributed by atoms with E-state index in [0.29, 0.717) is 28.2 Å². The molecule has 0 saturated carbocycles. The average Bonchev–Trinajstić information content (AvgIpc) is 3.25. The summed E-state index contributed by atoms with van der Waals surface area (Å²) in [6.07, 6.45) is -0.975. The van der Waals surface area contributed by atoms with Gasteiger partial charge in [-0.15, -0.1) is 0 Å². The van der Waals surface area contributed by atoms with Crippen LogP contribution in [0, 0.1) is 6.92 Å². The Kier molecular flexibility index (Phi) is 6.54. The van der Waals surface area contributed by atoms with Gasteiger partial charge in [-0.1, -0.05) is 0 Å². The molecule has 3 aromatic rings. The standard InChI is InChI=1S/C20H22F2N4O5/c1-10(27)18(19(23)28)25-20(29)17-11(2)31-15-4-3-13(5-14(15)17)30-8-12-6-24-9-26(12)7-16(21)22/h3-6,9-10,16,18,27H,7-8H2,1-2H3,(H2,23,28)(H,25,29)/t10-,18+/m1/s1. The van der Waals surface area contributed by atoms with Gasteiger partial charge in [0, 0.05) is 5.39 Å². The van der Waals surface area contributed by atoms with E-state index in [1.165, 1.54) is 24.0 Å². The second-order valence-electron chi connectivity index (χ2n) is 7.00. The van der Waals surface area contributed by atoms with Gasteiger partial charge in [-0.3, -0.25) is 9.59 Å². The Labute approximate surface area is 175 Å². The zero-order valence-electron chi connectivity index (χ0n) is 16.8. The fourth-order valence-electron chi connectivity index (χ4n) is 3.15. The zero-order valence-corrected chi connectivity index (χ0v) is 16.8. The minimum atomic E-state index is -2.52. The van der Waals surface area contributed by atoms with E-state index in [0.717, 1.165) is 0 Å². The Balaban J connectivity index is 1.83. The first-order chi connectivity index (χ1) is 14.7. The Hall–Kier alpha value is -3.47. The summed E-state index contributed by atoms with van der Waals surface area (Å²) < 4.78 is 37.9. The first kappa shape index (κ1) is 22.2. The number of furan rings is 1. The van der Waals surface area contributed by atoms with Gasteiger partial charge in [-0.05, 0) is 32.0 Å². The fraction of sp³-hybridized carbons (Fsp3) is 0.350. The van der Waals surface area contributed by atoms with Crippen molar-refractivity contribution in [1.82, 2.24) is 14.9 Å². The summed E-state index contributed by atoms with van der Waals surface area (Å²) in [4.78, 5) is 28.1. The van der Waals surface area contributed by atoms with Crippen LogP contribution in [0.4, 0.5) is 8.78 Å². The number of amides is 2. The van der Waals surface area contributed by atoms with Crippen LogP contribution < -0.4 is 15.8 Å². The highest BCUT2D eigenvalue weighted by atomic mass is 19.3. The lowest BCUT2D eigenvalue weighted by Gasteiger charge is -2.17. The van der Waals surface area contributed by atoms with Crippen molar-refractivity contribution in [2.45, 2.75) is 45.6 Å². The molecule has 4 N–H and O–H groups in total. The van der Waals surface area contributed by atoms with Crippen molar-refractivity contribution in [3.8, 4) is 5.75 Å². The summed E-state index contributed by atoms with van der Waals surface area (Å²) in [6, 6.07) is 3.51. The third kappa shape index (κ3) is 5.00. The van der Waals surface area contributed by atoms with Crippen LogP contribution in [0.25, 0.3) is 11.0 Å². The smallest absolute Gasteiger partial charge is 0.256 e. The number of fused-ring (bicyclic) bond motifs is 1. The van der Waals surface area contributed by atoms with Crippen LogP contribution in [-0.2, 0) is 17.9 Å². The molecule has 0 saturated heterocycles. The molecule has 166 valence electrons. The molecule has 3 rings (SSSR count). The number of nitrogens with two attached hydrogens (primary N) is 1. The van der Waals surface area contributed by atoms with Gasteiger partial charge >= 0.3 is 0 Å². The lowest BCUT2D eigenvalue weighted by Crippen LogP contribution is -2.50. The molecule has 9 nitrogen and oxygen atoms in total. The Bertz CT molecular complexity index is 1090. The number of aromatic nitrogens is 2. The third-order valence-electron chi connectivity index (χ3n) is 4.66. The number of nitrogens with one attached hydrogen (secondary N) is 1. The minimum absolute atomic E-state index is 0.0115. The van der Waals surface area contributed by atoms with Crippen LogP contribution in [0.3, 0.4) is 0 Å². The third-order valence-corrected chi connectivity index (χ3v) is 4.66. The molecule has 0 spiro atoms. The minimum Gasteiger partial charge on any atom is -0.487 e. The number of imidazole rings is 1. The molecule has 0 radical (unpaired) electrons. The van der Waals surface area contributed by atoms with Gasteiger partial charge in [0.15, 0.2) is 0 Å². The summed E-state index contributed by atoms with van der Waals surface area (Å²) >= 11 is 0. The maximum atomic E-state index is 12.7. The number of primary amides is 1. The topological polar surface area (TPSA) is 133 Å². The molecule has 2 aromatic heterocycles. The van der Waals surface area contributed by atoms with Crippen molar-refractivity contribution in [3.05, 3.63) is 47.7 Å². The number of carbonyl (C=O) groups is 2. The molecule has 0 bridgehead atoms. The first-order valence-corrected chi connectivity index (χ1v) is 9.38. The number of halogens is 2. The quantitative estimate of drug-likeness (QED) is 0.468. The number of nitrogens with zero attached hydrogens (tertiary/aromatic N) is 2. The van der Waals surface area contributed by atoms with Gasteiger partial charge in [0.25, 0.3) is 12.3 Å². The van der Waals surface area contributed by atoms with Gasteiger partial charge in [0.1, 0.15) is 29.7 Å². The van der Waals surface area contributed by atoms with E-state index in [2.05, 4.69) is 10.3 Å². The monoisotopic (exact) mass is 436 g/mol. The van der Waals surface area contributed by atoms with Crippen LogP contribution in [0.5, 0.6) is 5.75 Å².